The second-order valence-corrected chi connectivity index (χ2v) is 9.43. The molecule has 0 bridgehead atoms. The van der Waals surface area contributed by atoms with Crippen LogP contribution in [-0.4, -0.2) is 40.3 Å². The Kier molecular flexibility index (Phi) is 8.99. The minimum Gasteiger partial charge on any atom is -0.493 e. The molecule has 0 radical (unpaired) electrons. The predicted octanol–water partition coefficient (Wildman–Crippen LogP) is 3.95. The van der Waals surface area contributed by atoms with Gasteiger partial charge < -0.3 is 10.1 Å². The van der Waals surface area contributed by atoms with E-state index in [1.165, 1.54) is 0 Å². The Balaban J connectivity index is 1.92. The number of halogens is 1. The number of carbonyl (C=O) groups is 1. The fourth-order valence-corrected chi connectivity index (χ4v) is 3.92. The highest BCUT2D eigenvalue weighted by atomic mass is 35.5. The maximum atomic E-state index is 12.4. The van der Waals surface area contributed by atoms with Crippen molar-refractivity contribution in [3.63, 3.8) is 0 Å². The number of hydrogen-bond acceptors (Lipinski definition) is 4. The van der Waals surface area contributed by atoms with Crippen molar-refractivity contribution in [1.82, 2.24) is 5.32 Å². The van der Waals surface area contributed by atoms with Crippen LogP contribution in [0.1, 0.15) is 30.9 Å². The van der Waals surface area contributed by atoms with Crippen molar-refractivity contribution in [2.24, 2.45) is 0 Å². The lowest BCUT2D eigenvalue weighted by molar-refractivity contribution is -0.119. The third kappa shape index (κ3) is 7.22. The van der Waals surface area contributed by atoms with Gasteiger partial charge in [-0.2, -0.15) is 0 Å². The molecule has 0 fully saturated rings. The molecule has 0 spiro atoms. The Morgan fingerprint density at radius 3 is 2.60 bits per heavy atom. The predicted molar refractivity (Wildman–Crippen MR) is 122 cm³/mol. The van der Waals surface area contributed by atoms with Crippen LogP contribution in [0.15, 0.2) is 42.5 Å². The molecule has 2 aromatic rings. The van der Waals surface area contributed by atoms with Crippen molar-refractivity contribution in [2.45, 2.75) is 33.1 Å². The number of aryl methyl sites for hydroxylation is 2. The lowest BCUT2D eigenvalue weighted by Crippen LogP contribution is -2.40. The van der Waals surface area contributed by atoms with Crippen molar-refractivity contribution >= 4 is 33.2 Å². The summed E-state index contributed by atoms with van der Waals surface area (Å²) in [5, 5.41) is 3.24. The van der Waals surface area contributed by atoms with Crippen molar-refractivity contribution < 1.29 is 17.9 Å². The molecule has 0 unspecified atom stereocenters. The van der Waals surface area contributed by atoms with E-state index in [0.717, 1.165) is 40.3 Å². The lowest BCUT2D eigenvalue weighted by atomic mass is 10.1. The number of amides is 1. The zero-order valence-electron chi connectivity index (χ0n) is 17.7. The summed E-state index contributed by atoms with van der Waals surface area (Å²) < 4.78 is 31.2. The normalized spacial score (nSPS) is 11.2. The maximum absolute atomic E-state index is 12.4. The Labute approximate surface area is 184 Å². The van der Waals surface area contributed by atoms with E-state index < -0.39 is 10.0 Å². The number of anilines is 1. The van der Waals surface area contributed by atoms with E-state index in [1.54, 1.807) is 18.2 Å². The first-order valence-electron chi connectivity index (χ1n) is 9.93. The van der Waals surface area contributed by atoms with Gasteiger partial charge in [-0.1, -0.05) is 42.8 Å². The second-order valence-electron chi connectivity index (χ2n) is 7.11. The number of para-hydroxylation sites is 1. The monoisotopic (exact) mass is 452 g/mol. The van der Waals surface area contributed by atoms with Crippen LogP contribution in [0, 0.1) is 6.92 Å². The highest BCUT2D eigenvalue weighted by molar-refractivity contribution is 7.92. The Bertz CT molecular complexity index is 963. The van der Waals surface area contributed by atoms with Crippen LogP contribution in [0.4, 0.5) is 5.69 Å². The number of nitrogens with zero attached hydrogens (tertiary/aromatic N) is 1. The molecule has 0 aliphatic carbocycles. The second kappa shape index (κ2) is 11.2. The molecule has 0 heterocycles. The fourth-order valence-electron chi connectivity index (χ4n) is 2.89. The van der Waals surface area contributed by atoms with Gasteiger partial charge in [-0.3, -0.25) is 9.10 Å². The van der Waals surface area contributed by atoms with Gasteiger partial charge in [-0.05, 0) is 55.5 Å². The molecular weight excluding hydrogens is 424 g/mol. The van der Waals surface area contributed by atoms with Gasteiger partial charge in [0, 0.05) is 11.6 Å². The summed E-state index contributed by atoms with van der Waals surface area (Å²) in [6, 6.07) is 12.8. The topological polar surface area (TPSA) is 75.7 Å². The number of rotatable bonds is 11. The molecule has 0 aliphatic heterocycles. The van der Waals surface area contributed by atoms with Crippen LogP contribution in [0.25, 0.3) is 0 Å². The minimum atomic E-state index is -3.63. The van der Waals surface area contributed by atoms with Crippen molar-refractivity contribution in [3.8, 4) is 5.75 Å². The minimum absolute atomic E-state index is 0.297. The molecule has 6 nitrogen and oxygen atoms in total. The van der Waals surface area contributed by atoms with Gasteiger partial charge in [-0.15, -0.1) is 0 Å². The fraction of sp³-hybridized carbons (Fsp3) is 0.409. The van der Waals surface area contributed by atoms with Gasteiger partial charge in [0.1, 0.15) is 12.3 Å². The number of hydrogen-bond donors (Lipinski definition) is 1. The van der Waals surface area contributed by atoms with Crippen LogP contribution < -0.4 is 14.4 Å². The Morgan fingerprint density at radius 1 is 1.20 bits per heavy atom. The molecule has 0 atom stereocenters. The standard InChI is InChI=1S/C22H29ClN2O4S/c1-4-14-29-21-10-6-5-8-18(21)9-7-13-24-22(26)16-25(30(3,27)28)19-12-11-17(2)20(23)15-19/h5-6,8,10-12,15H,4,7,9,13-14,16H2,1-3H3,(H,24,26). The van der Waals surface area contributed by atoms with Gasteiger partial charge in [0.25, 0.3) is 0 Å². The van der Waals surface area contributed by atoms with Crippen LogP contribution in [0.3, 0.4) is 0 Å². The van der Waals surface area contributed by atoms with E-state index in [9.17, 15) is 13.2 Å². The van der Waals surface area contributed by atoms with Gasteiger partial charge in [0.05, 0.1) is 18.6 Å². The molecule has 0 aromatic heterocycles. The zero-order chi connectivity index (χ0) is 22.1. The summed E-state index contributed by atoms with van der Waals surface area (Å²) in [7, 11) is -3.63. The third-order valence-electron chi connectivity index (χ3n) is 4.51. The molecule has 0 aliphatic rings. The maximum Gasteiger partial charge on any atom is 0.240 e. The molecule has 1 amide bonds. The largest absolute Gasteiger partial charge is 0.493 e. The summed E-state index contributed by atoms with van der Waals surface area (Å²) in [5.41, 5.74) is 2.29. The summed E-state index contributed by atoms with van der Waals surface area (Å²) in [5.74, 6) is 0.498. The molecule has 30 heavy (non-hydrogen) atoms. The van der Waals surface area contributed by atoms with E-state index in [1.807, 2.05) is 31.2 Å². The number of sulfonamides is 1. The van der Waals surface area contributed by atoms with E-state index in [4.69, 9.17) is 16.3 Å². The van der Waals surface area contributed by atoms with Gasteiger partial charge in [-0.25, -0.2) is 8.42 Å². The molecule has 1 N–H and O–H groups in total. The number of ether oxygens (including phenoxy) is 1. The van der Waals surface area contributed by atoms with Crippen LogP contribution >= 0.6 is 11.6 Å². The van der Waals surface area contributed by atoms with E-state index in [-0.39, 0.29) is 12.5 Å². The SMILES string of the molecule is CCCOc1ccccc1CCCNC(=O)CN(c1ccc(C)c(Cl)c1)S(C)(=O)=O. The molecule has 164 valence electrons. The van der Waals surface area contributed by atoms with E-state index in [2.05, 4.69) is 12.2 Å². The molecule has 0 saturated carbocycles. The first-order valence-corrected chi connectivity index (χ1v) is 12.2. The van der Waals surface area contributed by atoms with Crippen LogP contribution in [0.2, 0.25) is 5.02 Å². The zero-order valence-corrected chi connectivity index (χ0v) is 19.2. The van der Waals surface area contributed by atoms with E-state index >= 15 is 0 Å². The summed E-state index contributed by atoms with van der Waals surface area (Å²) >= 11 is 6.12. The van der Waals surface area contributed by atoms with Gasteiger partial charge >= 0.3 is 0 Å². The highest BCUT2D eigenvalue weighted by Gasteiger charge is 2.21. The average molecular weight is 453 g/mol. The molecule has 8 heteroatoms. The third-order valence-corrected chi connectivity index (χ3v) is 6.06. The Hall–Kier alpha value is -2.25. The first kappa shape index (κ1) is 24.0. The molecular formula is C22H29ClN2O4S. The van der Waals surface area contributed by atoms with Crippen molar-refractivity contribution in [1.29, 1.82) is 0 Å². The molecule has 2 rings (SSSR count). The lowest BCUT2D eigenvalue weighted by Gasteiger charge is -2.22. The average Bonchev–Trinajstić information content (AvgIpc) is 2.70. The highest BCUT2D eigenvalue weighted by Crippen LogP contribution is 2.24. The molecule has 2 aromatic carbocycles. The van der Waals surface area contributed by atoms with Gasteiger partial charge in [0.15, 0.2) is 0 Å². The number of nitrogens with one attached hydrogen (secondary N) is 1. The smallest absolute Gasteiger partial charge is 0.240 e. The number of carbonyl (C=O) groups excluding carboxylic acids is 1. The molecule has 0 saturated heterocycles. The van der Waals surface area contributed by atoms with E-state index in [0.29, 0.717) is 30.3 Å². The Morgan fingerprint density at radius 2 is 1.93 bits per heavy atom. The quantitative estimate of drug-likeness (QED) is 0.524. The van der Waals surface area contributed by atoms with Crippen molar-refractivity contribution in [2.75, 3.05) is 30.3 Å². The summed E-state index contributed by atoms with van der Waals surface area (Å²) in [6.45, 7) is 4.69. The van der Waals surface area contributed by atoms with Crippen LogP contribution in [-0.2, 0) is 21.2 Å². The first-order chi connectivity index (χ1) is 14.2. The summed E-state index contributed by atoms with van der Waals surface area (Å²) in [6.07, 6.45) is 3.48. The van der Waals surface area contributed by atoms with Crippen molar-refractivity contribution in [3.05, 3.63) is 58.6 Å². The number of benzene rings is 2. The summed E-state index contributed by atoms with van der Waals surface area (Å²) in [4.78, 5) is 12.4. The van der Waals surface area contributed by atoms with Gasteiger partial charge in [0.2, 0.25) is 15.9 Å². The van der Waals surface area contributed by atoms with Crippen LogP contribution in [0.5, 0.6) is 5.75 Å².